The van der Waals surface area contributed by atoms with Crippen LogP contribution in [0.1, 0.15) is 17.9 Å². The van der Waals surface area contributed by atoms with Crippen molar-refractivity contribution in [3.63, 3.8) is 0 Å². The van der Waals surface area contributed by atoms with Crippen LogP contribution in [-0.2, 0) is 0 Å². The Balaban J connectivity index is 1.89. The summed E-state index contributed by atoms with van der Waals surface area (Å²) in [5.41, 5.74) is 7.48. The molecule has 2 atom stereocenters. The molecule has 2 unspecified atom stereocenters. The summed E-state index contributed by atoms with van der Waals surface area (Å²) in [6, 6.07) is 9.82. The van der Waals surface area contributed by atoms with Crippen molar-refractivity contribution >= 4 is 5.69 Å². The van der Waals surface area contributed by atoms with E-state index in [1.807, 2.05) is 23.1 Å². The van der Waals surface area contributed by atoms with Gasteiger partial charge in [0.05, 0.1) is 19.9 Å². The fourth-order valence-electron chi connectivity index (χ4n) is 3.42. The minimum absolute atomic E-state index is 0.0891. The van der Waals surface area contributed by atoms with Crippen molar-refractivity contribution in [1.29, 1.82) is 0 Å². The molecule has 0 spiro atoms. The Morgan fingerprint density at radius 2 is 1.80 bits per heavy atom. The van der Waals surface area contributed by atoms with E-state index in [0.717, 1.165) is 18.1 Å². The quantitative estimate of drug-likeness (QED) is 0.921. The monoisotopic (exact) mass is 348 g/mol. The van der Waals surface area contributed by atoms with Gasteiger partial charge in [-0.1, -0.05) is 12.1 Å². The Bertz CT molecular complexity index is 754. The van der Waals surface area contributed by atoms with Crippen molar-refractivity contribution in [3.8, 4) is 11.5 Å². The van der Waals surface area contributed by atoms with Gasteiger partial charge >= 0.3 is 0 Å². The van der Waals surface area contributed by atoms with Gasteiger partial charge in [0.15, 0.2) is 23.1 Å². The Labute approximate surface area is 146 Å². The van der Waals surface area contributed by atoms with E-state index in [4.69, 9.17) is 15.2 Å². The SMILES string of the molecule is COc1ccc(C2CC(N)CN(c3cccc(F)c3F)C2)cc1OC. The van der Waals surface area contributed by atoms with E-state index < -0.39 is 11.6 Å². The van der Waals surface area contributed by atoms with Crippen LogP contribution in [0, 0.1) is 11.6 Å². The predicted octanol–water partition coefficient (Wildman–Crippen LogP) is 3.30. The van der Waals surface area contributed by atoms with E-state index in [9.17, 15) is 8.78 Å². The molecule has 0 bridgehead atoms. The summed E-state index contributed by atoms with van der Waals surface area (Å²) in [6.07, 6.45) is 0.767. The van der Waals surface area contributed by atoms with Gasteiger partial charge in [0.25, 0.3) is 0 Å². The Kier molecular flexibility index (Phi) is 5.08. The Hall–Kier alpha value is -2.34. The largest absolute Gasteiger partial charge is 0.493 e. The molecule has 2 aromatic carbocycles. The van der Waals surface area contributed by atoms with Crippen LogP contribution < -0.4 is 20.1 Å². The number of hydrogen-bond donors (Lipinski definition) is 1. The number of rotatable bonds is 4. The molecule has 0 aromatic heterocycles. The first-order valence-corrected chi connectivity index (χ1v) is 8.20. The summed E-state index contributed by atoms with van der Waals surface area (Å²) in [7, 11) is 3.17. The van der Waals surface area contributed by atoms with Crippen LogP contribution in [0.25, 0.3) is 0 Å². The second-order valence-corrected chi connectivity index (χ2v) is 6.29. The van der Waals surface area contributed by atoms with Gasteiger partial charge in [-0.3, -0.25) is 0 Å². The molecule has 134 valence electrons. The zero-order valence-electron chi connectivity index (χ0n) is 14.3. The highest BCUT2D eigenvalue weighted by Gasteiger charge is 2.29. The zero-order valence-corrected chi connectivity index (χ0v) is 14.3. The highest BCUT2D eigenvalue weighted by molar-refractivity contribution is 5.50. The number of anilines is 1. The molecule has 1 saturated heterocycles. The second kappa shape index (κ2) is 7.27. The first-order chi connectivity index (χ1) is 12.0. The summed E-state index contributed by atoms with van der Waals surface area (Å²) in [5, 5.41) is 0. The number of methoxy groups -OCH3 is 2. The third-order valence-electron chi connectivity index (χ3n) is 4.63. The number of ether oxygens (including phenoxy) is 2. The second-order valence-electron chi connectivity index (χ2n) is 6.29. The molecular formula is C19H22F2N2O2. The Morgan fingerprint density at radius 1 is 1.04 bits per heavy atom. The summed E-state index contributed by atoms with van der Waals surface area (Å²) < 4.78 is 38.4. The molecule has 2 N–H and O–H groups in total. The number of nitrogens with two attached hydrogens (primary N) is 1. The molecule has 1 fully saturated rings. The van der Waals surface area contributed by atoms with Gasteiger partial charge in [-0.05, 0) is 36.2 Å². The van der Waals surface area contributed by atoms with E-state index in [0.29, 0.717) is 24.6 Å². The summed E-state index contributed by atoms with van der Waals surface area (Å²) in [6.45, 7) is 1.05. The highest BCUT2D eigenvalue weighted by atomic mass is 19.2. The molecule has 1 aliphatic heterocycles. The molecule has 4 nitrogen and oxygen atoms in total. The third kappa shape index (κ3) is 3.54. The van der Waals surface area contributed by atoms with Crippen molar-refractivity contribution < 1.29 is 18.3 Å². The molecule has 3 rings (SSSR count). The number of benzene rings is 2. The lowest BCUT2D eigenvalue weighted by atomic mass is 9.88. The van der Waals surface area contributed by atoms with Gasteiger partial charge in [0.2, 0.25) is 0 Å². The lowest BCUT2D eigenvalue weighted by Gasteiger charge is -2.38. The average molecular weight is 348 g/mol. The minimum Gasteiger partial charge on any atom is -0.493 e. The lowest BCUT2D eigenvalue weighted by Crippen LogP contribution is -2.46. The van der Waals surface area contributed by atoms with Crippen LogP contribution >= 0.6 is 0 Å². The smallest absolute Gasteiger partial charge is 0.182 e. The van der Waals surface area contributed by atoms with Crippen LogP contribution in [0.5, 0.6) is 11.5 Å². The lowest BCUT2D eigenvalue weighted by molar-refractivity contribution is 0.353. The van der Waals surface area contributed by atoms with Crippen LogP contribution in [0.4, 0.5) is 14.5 Å². The molecule has 1 heterocycles. The maximum Gasteiger partial charge on any atom is 0.182 e. The van der Waals surface area contributed by atoms with Gasteiger partial charge in [0, 0.05) is 25.0 Å². The number of halogens is 2. The van der Waals surface area contributed by atoms with Crippen LogP contribution in [0.3, 0.4) is 0 Å². The molecule has 0 amide bonds. The minimum atomic E-state index is -0.848. The summed E-state index contributed by atoms with van der Waals surface area (Å²) >= 11 is 0. The van der Waals surface area contributed by atoms with Gasteiger partial charge in [-0.15, -0.1) is 0 Å². The fourth-order valence-corrected chi connectivity index (χ4v) is 3.42. The third-order valence-corrected chi connectivity index (χ3v) is 4.63. The molecule has 0 aliphatic carbocycles. The van der Waals surface area contributed by atoms with E-state index in [-0.39, 0.29) is 17.6 Å². The summed E-state index contributed by atoms with van der Waals surface area (Å²) in [4.78, 5) is 1.81. The van der Waals surface area contributed by atoms with Gasteiger partial charge in [-0.2, -0.15) is 0 Å². The maximum absolute atomic E-state index is 14.2. The molecule has 2 aromatic rings. The molecule has 6 heteroatoms. The fraction of sp³-hybridized carbons (Fsp3) is 0.368. The number of piperidine rings is 1. The predicted molar refractivity (Wildman–Crippen MR) is 93.5 cm³/mol. The first-order valence-electron chi connectivity index (χ1n) is 8.20. The van der Waals surface area contributed by atoms with Crippen LogP contribution in [-0.4, -0.2) is 33.4 Å². The number of hydrogen-bond acceptors (Lipinski definition) is 4. The van der Waals surface area contributed by atoms with E-state index in [2.05, 4.69) is 0 Å². The van der Waals surface area contributed by atoms with Crippen molar-refractivity contribution in [2.75, 3.05) is 32.2 Å². The van der Waals surface area contributed by atoms with Gasteiger partial charge < -0.3 is 20.1 Å². The van der Waals surface area contributed by atoms with Crippen molar-refractivity contribution in [2.45, 2.75) is 18.4 Å². The van der Waals surface area contributed by atoms with E-state index in [1.54, 1.807) is 20.3 Å². The topological polar surface area (TPSA) is 47.7 Å². The van der Waals surface area contributed by atoms with Gasteiger partial charge in [0.1, 0.15) is 0 Å². The van der Waals surface area contributed by atoms with Crippen LogP contribution in [0.2, 0.25) is 0 Å². The summed E-state index contributed by atoms with van der Waals surface area (Å²) in [5.74, 6) is -0.296. The van der Waals surface area contributed by atoms with E-state index in [1.165, 1.54) is 6.07 Å². The maximum atomic E-state index is 14.2. The molecule has 0 radical (unpaired) electrons. The van der Waals surface area contributed by atoms with Crippen molar-refractivity contribution in [3.05, 3.63) is 53.6 Å². The van der Waals surface area contributed by atoms with E-state index >= 15 is 0 Å². The van der Waals surface area contributed by atoms with Gasteiger partial charge in [-0.25, -0.2) is 8.78 Å². The first kappa shape index (κ1) is 17.5. The average Bonchev–Trinajstić information content (AvgIpc) is 2.62. The number of nitrogens with zero attached hydrogens (tertiary/aromatic N) is 1. The molecule has 0 saturated carbocycles. The van der Waals surface area contributed by atoms with Crippen LogP contribution in [0.15, 0.2) is 36.4 Å². The van der Waals surface area contributed by atoms with Crippen molar-refractivity contribution in [1.82, 2.24) is 0 Å². The highest BCUT2D eigenvalue weighted by Crippen LogP contribution is 2.35. The molecular weight excluding hydrogens is 326 g/mol. The normalized spacial score (nSPS) is 20.4. The standard InChI is InChI=1S/C19H22F2N2O2/c1-24-17-7-6-12(9-18(17)25-2)13-8-14(22)11-23(10-13)16-5-3-4-15(20)19(16)21/h3-7,9,13-14H,8,10-11,22H2,1-2H3. The molecule has 1 aliphatic rings. The molecule has 25 heavy (non-hydrogen) atoms. The zero-order chi connectivity index (χ0) is 18.0. The Morgan fingerprint density at radius 3 is 2.52 bits per heavy atom. The van der Waals surface area contributed by atoms with Crippen molar-refractivity contribution in [2.24, 2.45) is 5.73 Å².